The zero-order chi connectivity index (χ0) is 16.6. The average Bonchev–Trinajstić information content (AvgIpc) is 2.48. The lowest BCUT2D eigenvalue weighted by molar-refractivity contribution is -0.115. The maximum absolute atomic E-state index is 12.7. The van der Waals surface area contributed by atoms with Crippen molar-refractivity contribution in [3.8, 4) is 0 Å². The first kappa shape index (κ1) is 17.5. The van der Waals surface area contributed by atoms with Crippen molar-refractivity contribution < 1.29 is 18.0 Å². The van der Waals surface area contributed by atoms with Gasteiger partial charge in [-0.05, 0) is 24.6 Å². The zero-order valence-electron chi connectivity index (χ0n) is 12.0. The third kappa shape index (κ3) is 5.83. The number of nitrogens with one attached hydrogen (secondary N) is 1. The summed E-state index contributed by atoms with van der Waals surface area (Å²) < 4.78 is 38.2. The van der Waals surface area contributed by atoms with Crippen LogP contribution in [0.4, 0.5) is 13.2 Å². The van der Waals surface area contributed by atoms with Gasteiger partial charge < -0.3 is 5.32 Å². The number of halogens is 3. The standard InChI is InChI=1S/C17H16F3NO/c1-3-4-10-15(13(2)17(18,19)20)21-16(22)12-11-14-8-6-5-7-9-14/h3-12H,1H2,2H3,(H,21,22)/b10-4-,12-11+,15-13-. The Bertz CT molecular complexity index is 611. The van der Waals surface area contributed by atoms with Gasteiger partial charge in [-0.3, -0.25) is 4.79 Å². The number of rotatable bonds is 5. The molecule has 1 amide bonds. The van der Waals surface area contributed by atoms with E-state index in [-0.39, 0.29) is 5.70 Å². The Morgan fingerprint density at radius 1 is 1.18 bits per heavy atom. The fourth-order valence-electron chi connectivity index (χ4n) is 1.49. The molecule has 0 fully saturated rings. The fraction of sp³-hybridized carbons (Fsp3) is 0.118. The summed E-state index contributed by atoms with van der Waals surface area (Å²) in [6.07, 6.45) is 2.00. The molecular weight excluding hydrogens is 291 g/mol. The maximum atomic E-state index is 12.7. The highest BCUT2D eigenvalue weighted by Gasteiger charge is 2.32. The van der Waals surface area contributed by atoms with E-state index in [1.165, 1.54) is 24.3 Å². The second kappa shape index (κ2) is 8.02. The number of hydrogen-bond donors (Lipinski definition) is 1. The minimum atomic E-state index is -4.52. The van der Waals surface area contributed by atoms with Crippen molar-refractivity contribution in [2.75, 3.05) is 0 Å². The highest BCUT2D eigenvalue weighted by Crippen LogP contribution is 2.27. The Hall–Kier alpha value is -2.56. The minimum absolute atomic E-state index is 0.310. The molecule has 0 heterocycles. The molecule has 2 nitrogen and oxygen atoms in total. The summed E-state index contributed by atoms with van der Waals surface area (Å²) in [5.74, 6) is -0.642. The first-order valence-corrected chi connectivity index (χ1v) is 6.46. The van der Waals surface area contributed by atoms with Gasteiger partial charge >= 0.3 is 6.18 Å². The van der Waals surface area contributed by atoms with Crippen LogP contribution in [0.1, 0.15) is 12.5 Å². The summed E-state index contributed by atoms with van der Waals surface area (Å²) in [6.45, 7) is 4.30. The summed E-state index contributed by atoms with van der Waals surface area (Å²) in [7, 11) is 0. The predicted octanol–water partition coefficient (Wildman–Crippen LogP) is 4.39. The maximum Gasteiger partial charge on any atom is 0.414 e. The van der Waals surface area contributed by atoms with Gasteiger partial charge in [0.2, 0.25) is 5.91 Å². The number of carbonyl (C=O) groups excluding carboxylic acids is 1. The summed E-state index contributed by atoms with van der Waals surface area (Å²) in [6, 6.07) is 8.97. The summed E-state index contributed by atoms with van der Waals surface area (Å²) >= 11 is 0. The van der Waals surface area contributed by atoms with Crippen LogP contribution < -0.4 is 5.32 Å². The zero-order valence-corrected chi connectivity index (χ0v) is 12.0. The van der Waals surface area contributed by atoms with Crippen LogP contribution in [0.5, 0.6) is 0 Å². The molecule has 22 heavy (non-hydrogen) atoms. The van der Waals surface area contributed by atoms with Crippen molar-refractivity contribution >= 4 is 12.0 Å². The van der Waals surface area contributed by atoms with E-state index in [1.807, 2.05) is 6.07 Å². The monoisotopic (exact) mass is 307 g/mol. The van der Waals surface area contributed by atoms with Gasteiger partial charge in [0.15, 0.2) is 0 Å². The van der Waals surface area contributed by atoms with E-state index < -0.39 is 17.7 Å². The lowest BCUT2D eigenvalue weighted by atomic mass is 10.2. The second-order valence-corrected chi connectivity index (χ2v) is 4.36. The lowest BCUT2D eigenvalue weighted by Crippen LogP contribution is -2.24. The van der Waals surface area contributed by atoms with Gasteiger partial charge in [-0.25, -0.2) is 0 Å². The van der Waals surface area contributed by atoms with Crippen LogP contribution in [0, 0.1) is 0 Å². The molecule has 0 unspecified atom stereocenters. The van der Waals surface area contributed by atoms with Crippen LogP contribution in [0.15, 0.2) is 72.5 Å². The fourth-order valence-corrected chi connectivity index (χ4v) is 1.49. The number of allylic oxidation sites excluding steroid dienone is 4. The van der Waals surface area contributed by atoms with Gasteiger partial charge in [0.25, 0.3) is 0 Å². The molecule has 0 radical (unpaired) electrons. The first-order valence-electron chi connectivity index (χ1n) is 6.46. The smallest absolute Gasteiger partial charge is 0.322 e. The van der Waals surface area contributed by atoms with Crippen LogP contribution in [-0.2, 0) is 4.79 Å². The SMILES string of the molecule is C=C/C=C\C(NC(=O)/C=C/c1ccccc1)=C(/C)C(F)(F)F. The predicted molar refractivity (Wildman–Crippen MR) is 81.7 cm³/mol. The summed E-state index contributed by atoms with van der Waals surface area (Å²) in [4.78, 5) is 11.8. The molecule has 0 spiro atoms. The molecule has 1 N–H and O–H groups in total. The Balaban J connectivity index is 2.91. The normalized spacial score (nSPS) is 13.3. The van der Waals surface area contributed by atoms with Crippen molar-refractivity contribution in [3.63, 3.8) is 0 Å². The Labute approximate surface area is 127 Å². The van der Waals surface area contributed by atoms with E-state index in [9.17, 15) is 18.0 Å². The van der Waals surface area contributed by atoms with Crippen molar-refractivity contribution in [2.24, 2.45) is 0 Å². The lowest BCUT2D eigenvalue weighted by Gasteiger charge is -2.12. The highest BCUT2D eigenvalue weighted by molar-refractivity contribution is 5.93. The van der Waals surface area contributed by atoms with Crippen molar-refractivity contribution in [1.82, 2.24) is 5.32 Å². The van der Waals surface area contributed by atoms with Gasteiger partial charge in [0.05, 0.1) is 5.57 Å². The van der Waals surface area contributed by atoms with Gasteiger partial charge in [-0.15, -0.1) is 0 Å². The quantitative estimate of drug-likeness (QED) is 0.634. The van der Waals surface area contributed by atoms with Gasteiger partial charge in [-0.1, -0.05) is 49.1 Å². The number of benzene rings is 1. The average molecular weight is 307 g/mol. The first-order chi connectivity index (χ1) is 10.3. The number of hydrogen-bond acceptors (Lipinski definition) is 1. The van der Waals surface area contributed by atoms with E-state index >= 15 is 0 Å². The number of alkyl halides is 3. The molecule has 1 rings (SSSR count). The van der Waals surface area contributed by atoms with Crippen LogP contribution >= 0.6 is 0 Å². The molecule has 0 aliphatic carbocycles. The van der Waals surface area contributed by atoms with Crippen LogP contribution in [0.2, 0.25) is 0 Å². The molecule has 0 aliphatic rings. The molecule has 0 aliphatic heterocycles. The molecule has 0 bridgehead atoms. The Morgan fingerprint density at radius 3 is 2.36 bits per heavy atom. The van der Waals surface area contributed by atoms with E-state index in [0.717, 1.165) is 18.6 Å². The van der Waals surface area contributed by atoms with E-state index in [4.69, 9.17) is 0 Å². The van der Waals surface area contributed by atoms with Crippen LogP contribution in [0.3, 0.4) is 0 Å². The van der Waals surface area contributed by atoms with Crippen molar-refractivity contribution in [2.45, 2.75) is 13.1 Å². The van der Waals surface area contributed by atoms with Crippen molar-refractivity contribution in [3.05, 3.63) is 78.0 Å². The van der Waals surface area contributed by atoms with Gasteiger partial charge in [0, 0.05) is 11.8 Å². The minimum Gasteiger partial charge on any atom is -0.322 e. The topological polar surface area (TPSA) is 29.1 Å². The Kier molecular flexibility index (Phi) is 6.38. The molecule has 1 aromatic rings. The second-order valence-electron chi connectivity index (χ2n) is 4.36. The third-order valence-electron chi connectivity index (χ3n) is 2.71. The molecule has 116 valence electrons. The van der Waals surface area contributed by atoms with E-state index in [1.54, 1.807) is 24.3 Å². The van der Waals surface area contributed by atoms with Gasteiger partial charge in [-0.2, -0.15) is 13.2 Å². The van der Waals surface area contributed by atoms with Crippen molar-refractivity contribution in [1.29, 1.82) is 0 Å². The molecule has 1 aromatic carbocycles. The van der Waals surface area contributed by atoms with Crippen LogP contribution in [-0.4, -0.2) is 12.1 Å². The van der Waals surface area contributed by atoms with E-state index in [0.29, 0.717) is 0 Å². The molecule has 0 aromatic heterocycles. The summed E-state index contributed by atoms with van der Waals surface area (Å²) in [5, 5.41) is 2.23. The largest absolute Gasteiger partial charge is 0.414 e. The molecule has 0 saturated carbocycles. The molecular formula is C17H16F3NO. The van der Waals surface area contributed by atoms with Gasteiger partial charge in [0.1, 0.15) is 0 Å². The van der Waals surface area contributed by atoms with Crippen LogP contribution in [0.25, 0.3) is 6.08 Å². The molecule has 5 heteroatoms. The molecule has 0 saturated heterocycles. The van der Waals surface area contributed by atoms with E-state index in [2.05, 4.69) is 11.9 Å². The number of amides is 1. The Morgan fingerprint density at radius 2 is 1.82 bits per heavy atom. The number of carbonyl (C=O) groups is 1. The third-order valence-corrected chi connectivity index (χ3v) is 2.71. The highest BCUT2D eigenvalue weighted by atomic mass is 19.4. The summed E-state index contributed by atoms with van der Waals surface area (Å²) in [5.41, 5.74) is -0.417. The molecule has 0 atom stereocenters.